The van der Waals surface area contributed by atoms with Gasteiger partial charge in [-0.1, -0.05) is 35.3 Å². The summed E-state index contributed by atoms with van der Waals surface area (Å²) in [6, 6.07) is 7.39. The van der Waals surface area contributed by atoms with Gasteiger partial charge in [-0.2, -0.15) is 0 Å². The zero-order valence-corrected chi connectivity index (χ0v) is 11.6. The number of halogens is 3. The Morgan fingerprint density at radius 2 is 1.82 bits per heavy atom. The number of rotatable bonds is 3. The van der Waals surface area contributed by atoms with Crippen molar-refractivity contribution in [2.45, 2.75) is 6.61 Å². The van der Waals surface area contributed by atoms with Crippen molar-refractivity contribution in [3.05, 3.63) is 50.8 Å². The van der Waals surface area contributed by atoms with E-state index in [1.54, 1.807) is 0 Å². The lowest BCUT2D eigenvalue weighted by molar-refractivity contribution is 0.291. The lowest BCUT2D eigenvalue weighted by atomic mass is 10.2. The van der Waals surface area contributed by atoms with E-state index in [1.807, 2.05) is 24.3 Å². The number of hydrogen-bond donors (Lipinski definition) is 0. The first kappa shape index (κ1) is 12.6. The van der Waals surface area contributed by atoms with Crippen LogP contribution >= 0.6 is 39.1 Å². The van der Waals surface area contributed by atoms with Crippen LogP contribution in [0.5, 0.6) is 5.88 Å². The molecule has 0 bridgehead atoms. The second kappa shape index (κ2) is 5.67. The van der Waals surface area contributed by atoms with E-state index in [2.05, 4.69) is 25.9 Å². The fraction of sp³-hybridized carbons (Fsp3) is 0.0909. The standard InChI is InChI=1S/C11H7BrCl2N2O/c12-9-10(14)15-6-16-11(9)17-5-7-1-3-8(13)4-2-7/h1-4,6H,5H2. The minimum absolute atomic E-state index is 0.325. The van der Waals surface area contributed by atoms with Crippen LogP contribution in [-0.4, -0.2) is 9.97 Å². The summed E-state index contributed by atoms with van der Waals surface area (Å²) in [7, 11) is 0. The van der Waals surface area contributed by atoms with Crippen molar-refractivity contribution in [1.29, 1.82) is 0 Å². The van der Waals surface area contributed by atoms with E-state index in [4.69, 9.17) is 27.9 Å². The molecule has 2 aromatic rings. The maximum absolute atomic E-state index is 5.82. The molecule has 0 fully saturated rings. The molecule has 0 N–H and O–H groups in total. The van der Waals surface area contributed by atoms with Crippen molar-refractivity contribution in [1.82, 2.24) is 9.97 Å². The number of benzene rings is 1. The monoisotopic (exact) mass is 332 g/mol. The highest BCUT2D eigenvalue weighted by Gasteiger charge is 2.07. The summed E-state index contributed by atoms with van der Waals surface area (Å²) in [5.41, 5.74) is 0.996. The summed E-state index contributed by atoms with van der Waals surface area (Å²) in [6.07, 6.45) is 1.35. The van der Waals surface area contributed by atoms with Crippen LogP contribution in [-0.2, 0) is 6.61 Å². The molecule has 0 aliphatic rings. The van der Waals surface area contributed by atoms with E-state index < -0.39 is 0 Å². The Balaban J connectivity index is 2.07. The lowest BCUT2D eigenvalue weighted by Gasteiger charge is -2.07. The third kappa shape index (κ3) is 3.31. The summed E-state index contributed by atoms with van der Waals surface area (Å²) in [6.45, 7) is 0.392. The zero-order valence-electron chi connectivity index (χ0n) is 8.53. The molecule has 88 valence electrons. The molecule has 0 saturated heterocycles. The molecule has 17 heavy (non-hydrogen) atoms. The van der Waals surface area contributed by atoms with Gasteiger partial charge in [-0.3, -0.25) is 0 Å². The average Bonchev–Trinajstić information content (AvgIpc) is 2.33. The SMILES string of the molecule is Clc1ccc(COc2ncnc(Cl)c2Br)cc1. The third-order valence-corrected chi connectivity index (χ3v) is 3.49. The van der Waals surface area contributed by atoms with Crippen LogP contribution < -0.4 is 4.74 Å². The Hall–Kier alpha value is -0.840. The number of aromatic nitrogens is 2. The van der Waals surface area contributed by atoms with E-state index in [0.29, 0.717) is 27.1 Å². The molecule has 0 saturated carbocycles. The average molecular weight is 334 g/mol. The largest absolute Gasteiger partial charge is 0.472 e. The topological polar surface area (TPSA) is 35.0 Å². The molecule has 0 aliphatic heterocycles. The quantitative estimate of drug-likeness (QED) is 0.792. The normalized spacial score (nSPS) is 10.3. The fourth-order valence-electron chi connectivity index (χ4n) is 1.17. The van der Waals surface area contributed by atoms with Crippen molar-refractivity contribution >= 4 is 39.1 Å². The van der Waals surface area contributed by atoms with E-state index in [-0.39, 0.29) is 0 Å². The maximum Gasteiger partial charge on any atom is 0.233 e. The van der Waals surface area contributed by atoms with Crippen molar-refractivity contribution in [2.24, 2.45) is 0 Å². The van der Waals surface area contributed by atoms with E-state index >= 15 is 0 Å². The van der Waals surface area contributed by atoms with Gasteiger partial charge in [-0.15, -0.1) is 0 Å². The van der Waals surface area contributed by atoms with Gasteiger partial charge in [0, 0.05) is 5.02 Å². The summed E-state index contributed by atoms with van der Waals surface area (Å²) in [5.74, 6) is 0.417. The van der Waals surface area contributed by atoms with E-state index in [9.17, 15) is 0 Å². The van der Waals surface area contributed by atoms with Crippen LogP contribution in [0.2, 0.25) is 10.2 Å². The van der Waals surface area contributed by atoms with Crippen molar-refractivity contribution in [2.75, 3.05) is 0 Å². The molecule has 0 atom stereocenters. The smallest absolute Gasteiger partial charge is 0.233 e. The Morgan fingerprint density at radius 1 is 1.12 bits per heavy atom. The van der Waals surface area contributed by atoms with Crippen molar-refractivity contribution in [3.63, 3.8) is 0 Å². The van der Waals surface area contributed by atoms with Gasteiger partial charge in [0.2, 0.25) is 5.88 Å². The molecular weight excluding hydrogens is 327 g/mol. The van der Waals surface area contributed by atoms with Gasteiger partial charge >= 0.3 is 0 Å². The molecule has 1 aromatic carbocycles. The van der Waals surface area contributed by atoms with Crippen LogP contribution in [0.15, 0.2) is 35.1 Å². The number of ether oxygens (including phenoxy) is 1. The van der Waals surface area contributed by atoms with Crippen LogP contribution in [0.1, 0.15) is 5.56 Å². The molecule has 0 aliphatic carbocycles. The number of hydrogen-bond acceptors (Lipinski definition) is 3. The van der Waals surface area contributed by atoms with Gasteiger partial charge in [0.1, 0.15) is 17.4 Å². The Labute approximate surface area is 117 Å². The molecule has 0 spiro atoms. The van der Waals surface area contributed by atoms with Crippen LogP contribution in [0, 0.1) is 0 Å². The molecule has 3 nitrogen and oxygen atoms in total. The van der Waals surface area contributed by atoms with Gasteiger partial charge < -0.3 is 4.74 Å². The first-order chi connectivity index (χ1) is 8.16. The molecule has 1 aromatic heterocycles. The highest BCUT2D eigenvalue weighted by molar-refractivity contribution is 9.10. The second-order valence-corrected chi connectivity index (χ2v) is 4.79. The molecule has 0 radical (unpaired) electrons. The van der Waals surface area contributed by atoms with Gasteiger partial charge in [-0.05, 0) is 33.6 Å². The van der Waals surface area contributed by atoms with Crippen LogP contribution in [0.4, 0.5) is 0 Å². The zero-order chi connectivity index (χ0) is 12.3. The summed E-state index contributed by atoms with van der Waals surface area (Å²) >= 11 is 14.9. The Bertz CT molecular complexity index is 519. The third-order valence-electron chi connectivity index (χ3n) is 2.00. The Kier molecular flexibility index (Phi) is 4.20. The van der Waals surface area contributed by atoms with Gasteiger partial charge in [0.25, 0.3) is 0 Å². The highest BCUT2D eigenvalue weighted by Crippen LogP contribution is 2.28. The summed E-state index contributed by atoms with van der Waals surface area (Å²) in [5, 5.41) is 1.02. The maximum atomic E-state index is 5.82. The van der Waals surface area contributed by atoms with Gasteiger partial charge in [-0.25, -0.2) is 9.97 Å². The van der Waals surface area contributed by atoms with Crippen molar-refractivity contribution < 1.29 is 4.74 Å². The molecule has 1 heterocycles. The van der Waals surface area contributed by atoms with E-state index in [0.717, 1.165) is 5.56 Å². The lowest BCUT2D eigenvalue weighted by Crippen LogP contribution is -1.98. The minimum Gasteiger partial charge on any atom is -0.472 e. The first-order valence-corrected chi connectivity index (χ1v) is 6.25. The fourth-order valence-corrected chi connectivity index (χ4v) is 1.74. The first-order valence-electron chi connectivity index (χ1n) is 4.70. The van der Waals surface area contributed by atoms with Gasteiger partial charge in [0.05, 0.1) is 0 Å². The Morgan fingerprint density at radius 3 is 2.53 bits per heavy atom. The molecule has 6 heteroatoms. The molecule has 0 amide bonds. The summed E-state index contributed by atoms with van der Waals surface area (Å²) in [4.78, 5) is 7.80. The second-order valence-electron chi connectivity index (χ2n) is 3.20. The van der Waals surface area contributed by atoms with E-state index in [1.165, 1.54) is 6.33 Å². The number of nitrogens with zero attached hydrogens (tertiary/aromatic N) is 2. The predicted octanol–water partition coefficient (Wildman–Crippen LogP) is 4.12. The van der Waals surface area contributed by atoms with Crippen LogP contribution in [0.25, 0.3) is 0 Å². The highest BCUT2D eigenvalue weighted by atomic mass is 79.9. The molecule has 2 rings (SSSR count). The molecular formula is C11H7BrCl2N2O. The minimum atomic E-state index is 0.325. The van der Waals surface area contributed by atoms with Crippen molar-refractivity contribution in [3.8, 4) is 5.88 Å². The predicted molar refractivity (Wildman–Crippen MR) is 70.5 cm³/mol. The molecule has 0 unspecified atom stereocenters. The van der Waals surface area contributed by atoms with Crippen LogP contribution in [0.3, 0.4) is 0 Å². The summed E-state index contributed by atoms with van der Waals surface area (Å²) < 4.78 is 6.07. The van der Waals surface area contributed by atoms with Gasteiger partial charge in [0.15, 0.2) is 5.15 Å².